The molecule has 2 aromatic rings. The molecular weight excluding hydrogens is 228 g/mol. The lowest BCUT2D eigenvalue weighted by Gasteiger charge is -2.13. The number of hydrogen-bond acceptors (Lipinski definition) is 3. The Balaban J connectivity index is 2.12. The highest BCUT2D eigenvalue weighted by Crippen LogP contribution is 2.16. The summed E-state index contributed by atoms with van der Waals surface area (Å²) in [6.45, 7) is 3.83. The molecule has 0 radical (unpaired) electrons. The standard InChI is InChI=1S/C13H16N4O/c1-8-3-4-11(12(14)5-8)13(18)17-9(2)10-6-15-16-7-10/h3-7,9H,14H2,1-2H3,(H,15,16)(H,17,18). The molecule has 2 rings (SSSR count). The highest BCUT2D eigenvalue weighted by molar-refractivity contribution is 5.99. The molecule has 1 unspecified atom stereocenters. The molecule has 5 nitrogen and oxygen atoms in total. The van der Waals surface area contributed by atoms with Crippen LogP contribution in [0.2, 0.25) is 0 Å². The number of carbonyl (C=O) groups excluding carboxylic acids is 1. The molecule has 4 N–H and O–H groups in total. The Morgan fingerprint density at radius 1 is 1.50 bits per heavy atom. The van der Waals surface area contributed by atoms with E-state index in [0.717, 1.165) is 11.1 Å². The predicted octanol–water partition coefficient (Wildman–Crippen LogP) is 1.79. The Morgan fingerprint density at radius 3 is 2.89 bits per heavy atom. The summed E-state index contributed by atoms with van der Waals surface area (Å²) in [7, 11) is 0. The number of H-pyrrole nitrogens is 1. The molecule has 0 aliphatic heterocycles. The number of rotatable bonds is 3. The van der Waals surface area contributed by atoms with Crippen molar-refractivity contribution in [1.29, 1.82) is 0 Å². The topological polar surface area (TPSA) is 83.8 Å². The lowest BCUT2D eigenvalue weighted by atomic mass is 10.1. The van der Waals surface area contributed by atoms with Crippen molar-refractivity contribution in [3.05, 3.63) is 47.3 Å². The van der Waals surface area contributed by atoms with E-state index in [1.807, 2.05) is 19.9 Å². The molecule has 1 amide bonds. The van der Waals surface area contributed by atoms with E-state index in [1.165, 1.54) is 0 Å². The minimum atomic E-state index is -0.179. The Morgan fingerprint density at radius 2 is 2.28 bits per heavy atom. The van der Waals surface area contributed by atoms with Crippen LogP contribution in [0.3, 0.4) is 0 Å². The summed E-state index contributed by atoms with van der Waals surface area (Å²) in [6, 6.07) is 5.28. The fourth-order valence-corrected chi connectivity index (χ4v) is 1.74. The van der Waals surface area contributed by atoms with Crippen LogP contribution in [0.15, 0.2) is 30.6 Å². The first-order chi connectivity index (χ1) is 8.58. The van der Waals surface area contributed by atoms with E-state index in [9.17, 15) is 4.79 Å². The first-order valence-electron chi connectivity index (χ1n) is 5.73. The zero-order valence-electron chi connectivity index (χ0n) is 10.4. The second-order valence-electron chi connectivity index (χ2n) is 4.32. The number of aromatic nitrogens is 2. The van der Waals surface area contributed by atoms with Gasteiger partial charge in [0.2, 0.25) is 0 Å². The van der Waals surface area contributed by atoms with Gasteiger partial charge >= 0.3 is 0 Å². The van der Waals surface area contributed by atoms with Crippen molar-refractivity contribution in [3.8, 4) is 0 Å². The largest absolute Gasteiger partial charge is 0.398 e. The first kappa shape index (κ1) is 12.2. The molecule has 0 saturated heterocycles. The second-order valence-corrected chi connectivity index (χ2v) is 4.32. The van der Waals surface area contributed by atoms with Crippen LogP contribution >= 0.6 is 0 Å². The number of nitrogens with two attached hydrogens (primary N) is 1. The number of nitrogens with zero attached hydrogens (tertiary/aromatic N) is 1. The van der Waals surface area contributed by atoms with Gasteiger partial charge in [-0.25, -0.2) is 0 Å². The van der Waals surface area contributed by atoms with E-state index in [2.05, 4.69) is 15.5 Å². The SMILES string of the molecule is Cc1ccc(C(=O)NC(C)c2cn[nH]c2)c(N)c1. The van der Waals surface area contributed by atoms with Crippen LogP contribution < -0.4 is 11.1 Å². The second kappa shape index (κ2) is 4.91. The molecule has 0 saturated carbocycles. The Kier molecular flexibility index (Phi) is 3.32. The Hall–Kier alpha value is -2.30. The average Bonchev–Trinajstić information content (AvgIpc) is 2.81. The van der Waals surface area contributed by atoms with E-state index in [0.29, 0.717) is 11.3 Å². The van der Waals surface area contributed by atoms with E-state index in [-0.39, 0.29) is 11.9 Å². The molecule has 1 aromatic carbocycles. The molecule has 0 spiro atoms. The Bertz CT molecular complexity index is 548. The summed E-state index contributed by atoms with van der Waals surface area (Å²) in [5, 5.41) is 9.45. The van der Waals surface area contributed by atoms with Crippen molar-refractivity contribution < 1.29 is 4.79 Å². The summed E-state index contributed by atoms with van der Waals surface area (Å²) in [4.78, 5) is 12.1. The molecule has 0 aliphatic rings. The van der Waals surface area contributed by atoms with Crippen LogP contribution in [0.4, 0.5) is 5.69 Å². The van der Waals surface area contributed by atoms with Crippen LogP contribution in [0, 0.1) is 6.92 Å². The summed E-state index contributed by atoms with van der Waals surface area (Å²) >= 11 is 0. The number of carbonyl (C=O) groups is 1. The number of aryl methyl sites for hydroxylation is 1. The van der Waals surface area contributed by atoms with Crippen molar-refractivity contribution in [1.82, 2.24) is 15.5 Å². The third-order valence-electron chi connectivity index (χ3n) is 2.82. The lowest BCUT2D eigenvalue weighted by molar-refractivity contribution is 0.0941. The number of benzene rings is 1. The summed E-state index contributed by atoms with van der Waals surface area (Å²) in [6.07, 6.45) is 3.44. The van der Waals surface area contributed by atoms with Gasteiger partial charge in [0.1, 0.15) is 0 Å². The number of hydrogen-bond donors (Lipinski definition) is 3. The average molecular weight is 244 g/mol. The van der Waals surface area contributed by atoms with Gasteiger partial charge in [-0.05, 0) is 31.5 Å². The zero-order chi connectivity index (χ0) is 13.1. The quantitative estimate of drug-likeness (QED) is 0.720. The number of nitrogens with one attached hydrogen (secondary N) is 2. The van der Waals surface area contributed by atoms with Gasteiger partial charge < -0.3 is 11.1 Å². The monoisotopic (exact) mass is 244 g/mol. The molecular formula is C13H16N4O. The van der Waals surface area contributed by atoms with Crippen LogP contribution in [-0.2, 0) is 0 Å². The van der Waals surface area contributed by atoms with E-state index in [1.54, 1.807) is 24.5 Å². The van der Waals surface area contributed by atoms with Crippen LogP contribution in [0.5, 0.6) is 0 Å². The molecule has 1 atom stereocenters. The van der Waals surface area contributed by atoms with Gasteiger partial charge in [0, 0.05) is 17.4 Å². The van der Waals surface area contributed by atoms with E-state index >= 15 is 0 Å². The van der Waals surface area contributed by atoms with Gasteiger partial charge in [-0.1, -0.05) is 6.07 Å². The van der Waals surface area contributed by atoms with Crippen molar-refractivity contribution in [2.24, 2.45) is 0 Å². The van der Waals surface area contributed by atoms with Gasteiger partial charge in [-0.3, -0.25) is 9.89 Å². The molecule has 0 fully saturated rings. The third kappa shape index (κ3) is 2.51. The van der Waals surface area contributed by atoms with Gasteiger partial charge in [0.25, 0.3) is 5.91 Å². The fraction of sp³-hybridized carbons (Fsp3) is 0.231. The highest BCUT2D eigenvalue weighted by atomic mass is 16.1. The van der Waals surface area contributed by atoms with Gasteiger partial charge in [0.15, 0.2) is 0 Å². The molecule has 94 valence electrons. The van der Waals surface area contributed by atoms with Gasteiger partial charge in [-0.15, -0.1) is 0 Å². The van der Waals surface area contributed by atoms with Crippen molar-refractivity contribution in [2.45, 2.75) is 19.9 Å². The first-order valence-corrected chi connectivity index (χ1v) is 5.73. The number of amides is 1. The van der Waals surface area contributed by atoms with Crippen LogP contribution in [0.1, 0.15) is 34.5 Å². The third-order valence-corrected chi connectivity index (χ3v) is 2.82. The molecule has 1 aromatic heterocycles. The number of aromatic amines is 1. The predicted molar refractivity (Wildman–Crippen MR) is 70.1 cm³/mol. The van der Waals surface area contributed by atoms with Crippen molar-refractivity contribution in [2.75, 3.05) is 5.73 Å². The summed E-state index contributed by atoms with van der Waals surface area (Å²) < 4.78 is 0. The molecule has 0 bridgehead atoms. The summed E-state index contributed by atoms with van der Waals surface area (Å²) in [5.74, 6) is -0.179. The maximum atomic E-state index is 12.1. The van der Waals surface area contributed by atoms with E-state index in [4.69, 9.17) is 5.73 Å². The smallest absolute Gasteiger partial charge is 0.253 e. The maximum Gasteiger partial charge on any atom is 0.253 e. The van der Waals surface area contributed by atoms with Crippen molar-refractivity contribution in [3.63, 3.8) is 0 Å². The van der Waals surface area contributed by atoms with Gasteiger partial charge in [-0.2, -0.15) is 5.10 Å². The normalized spacial score (nSPS) is 12.1. The van der Waals surface area contributed by atoms with Gasteiger partial charge in [0.05, 0.1) is 17.8 Å². The number of nitrogen functional groups attached to an aromatic ring is 1. The molecule has 0 aliphatic carbocycles. The lowest BCUT2D eigenvalue weighted by Crippen LogP contribution is -2.27. The number of anilines is 1. The summed E-state index contributed by atoms with van der Waals surface area (Å²) in [5.41, 5.74) is 8.79. The minimum absolute atomic E-state index is 0.114. The van der Waals surface area contributed by atoms with Crippen LogP contribution in [-0.4, -0.2) is 16.1 Å². The zero-order valence-corrected chi connectivity index (χ0v) is 10.4. The highest BCUT2D eigenvalue weighted by Gasteiger charge is 2.14. The fourth-order valence-electron chi connectivity index (χ4n) is 1.74. The minimum Gasteiger partial charge on any atom is -0.398 e. The molecule has 5 heteroatoms. The Labute approximate surface area is 105 Å². The van der Waals surface area contributed by atoms with Crippen LogP contribution in [0.25, 0.3) is 0 Å². The molecule has 18 heavy (non-hydrogen) atoms. The maximum absolute atomic E-state index is 12.1. The van der Waals surface area contributed by atoms with E-state index < -0.39 is 0 Å². The van der Waals surface area contributed by atoms with Crippen molar-refractivity contribution >= 4 is 11.6 Å². The molecule has 1 heterocycles.